The van der Waals surface area contributed by atoms with E-state index in [0.29, 0.717) is 24.2 Å². The molecular weight excluding hydrogens is 280 g/mol. The molecule has 0 amide bonds. The third-order valence-corrected chi connectivity index (χ3v) is 4.97. The molecule has 0 bridgehead atoms. The second-order valence-electron chi connectivity index (χ2n) is 7.61. The fourth-order valence-corrected chi connectivity index (χ4v) is 4.11. The van der Waals surface area contributed by atoms with Crippen molar-refractivity contribution in [3.05, 3.63) is 16.1 Å². The highest BCUT2D eigenvalue weighted by molar-refractivity contribution is 7.09. The number of hydrogen-bond donors (Lipinski definition) is 1. The molecule has 1 aromatic rings. The highest BCUT2D eigenvalue weighted by Gasteiger charge is 2.32. The van der Waals surface area contributed by atoms with Crippen LogP contribution in [0.2, 0.25) is 0 Å². The number of nitrogens with zero attached hydrogens (tertiary/aromatic N) is 1. The molecule has 1 aromatic heterocycles. The number of hydrogen-bond acceptors (Lipinski definition) is 4. The first-order valence-corrected chi connectivity index (χ1v) is 9.00. The van der Waals surface area contributed by atoms with E-state index in [-0.39, 0.29) is 0 Å². The van der Waals surface area contributed by atoms with E-state index in [1.165, 1.54) is 19.3 Å². The molecule has 4 heteroatoms. The Morgan fingerprint density at radius 2 is 2.19 bits per heavy atom. The number of ether oxygens (including phenoxy) is 1. The van der Waals surface area contributed by atoms with Crippen molar-refractivity contribution in [2.45, 2.75) is 79.2 Å². The molecule has 1 aliphatic rings. The largest absolute Gasteiger partial charge is 0.372 e. The topological polar surface area (TPSA) is 34.1 Å². The quantitative estimate of drug-likeness (QED) is 0.847. The highest BCUT2D eigenvalue weighted by Crippen LogP contribution is 2.39. The summed E-state index contributed by atoms with van der Waals surface area (Å²) in [4.78, 5) is 4.65. The minimum Gasteiger partial charge on any atom is -0.372 e. The molecule has 0 aromatic carbocycles. The molecule has 0 radical (unpaired) electrons. The summed E-state index contributed by atoms with van der Waals surface area (Å²) in [6.45, 7) is 12.9. The third-order valence-electron chi connectivity index (χ3n) is 4.07. The Morgan fingerprint density at radius 1 is 1.43 bits per heavy atom. The predicted molar refractivity (Wildman–Crippen MR) is 89.5 cm³/mol. The van der Waals surface area contributed by atoms with E-state index in [1.807, 2.05) is 0 Å². The van der Waals surface area contributed by atoms with Crippen LogP contribution in [0.3, 0.4) is 0 Å². The summed E-state index contributed by atoms with van der Waals surface area (Å²) in [6, 6.07) is 0.500. The van der Waals surface area contributed by atoms with Crippen LogP contribution in [0.15, 0.2) is 5.38 Å². The van der Waals surface area contributed by atoms with Gasteiger partial charge in [0.05, 0.1) is 18.4 Å². The molecule has 1 heterocycles. The van der Waals surface area contributed by atoms with Crippen LogP contribution in [0.25, 0.3) is 0 Å². The van der Waals surface area contributed by atoms with Crippen LogP contribution in [0.4, 0.5) is 0 Å². The molecule has 2 atom stereocenters. The Balaban J connectivity index is 1.80. The SMILES string of the molecule is CC1CC(OCc2csc(CNC(C)C)n2)CC(C)(C)C1. The van der Waals surface area contributed by atoms with Gasteiger partial charge in [0.1, 0.15) is 5.01 Å². The van der Waals surface area contributed by atoms with Gasteiger partial charge in [-0.3, -0.25) is 0 Å². The van der Waals surface area contributed by atoms with E-state index in [1.54, 1.807) is 11.3 Å². The van der Waals surface area contributed by atoms with Crippen molar-refractivity contribution in [3.8, 4) is 0 Å². The normalized spacial score (nSPS) is 25.4. The minimum absolute atomic E-state index is 0.391. The Kier molecular flexibility index (Phi) is 5.81. The smallest absolute Gasteiger partial charge is 0.107 e. The van der Waals surface area contributed by atoms with Crippen LogP contribution >= 0.6 is 11.3 Å². The lowest BCUT2D eigenvalue weighted by atomic mass is 9.71. The Morgan fingerprint density at radius 3 is 2.86 bits per heavy atom. The van der Waals surface area contributed by atoms with Crippen molar-refractivity contribution < 1.29 is 4.74 Å². The van der Waals surface area contributed by atoms with Crippen molar-refractivity contribution in [2.24, 2.45) is 11.3 Å². The Bertz CT molecular complexity index is 442. The van der Waals surface area contributed by atoms with E-state index in [2.05, 4.69) is 50.3 Å². The molecule has 2 rings (SSSR count). The molecule has 1 saturated carbocycles. The summed E-state index contributed by atoms with van der Waals surface area (Å²) in [5, 5.41) is 6.69. The molecule has 0 saturated heterocycles. The van der Waals surface area contributed by atoms with E-state index < -0.39 is 0 Å². The van der Waals surface area contributed by atoms with Crippen molar-refractivity contribution in [2.75, 3.05) is 0 Å². The van der Waals surface area contributed by atoms with Crippen LogP contribution in [-0.2, 0) is 17.9 Å². The van der Waals surface area contributed by atoms with Crippen LogP contribution in [0.5, 0.6) is 0 Å². The van der Waals surface area contributed by atoms with Gasteiger partial charge in [-0.05, 0) is 30.6 Å². The minimum atomic E-state index is 0.391. The molecule has 0 aliphatic heterocycles. The van der Waals surface area contributed by atoms with Crippen LogP contribution in [0.1, 0.15) is 64.6 Å². The molecule has 1 aliphatic carbocycles. The van der Waals surface area contributed by atoms with E-state index in [4.69, 9.17) is 4.74 Å². The number of nitrogens with one attached hydrogen (secondary N) is 1. The van der Waals surface area contributed by atoms with Gasteiger partial charge in [-0.1, -0.05) is 34.6 Å². The van der Waals surface area contributed by atoms with Crippen molar-refractivity contribution >= 4 is 11.3 Å². The fraction of sp³-hybridized carbons (Fsp3) is 0.824. The Labute approximate surface area is 133 Å². The lowest BCUT2D eigenvalue weighted by Crippen LogP contribution is -2.32. The zero-order chi connectivity index (χ0) is 15.5. The summed E-state index contributed by atoms with van der Waals surface area (Å²) >= 11 is 1.72. The van der Waals surface area contributed by atoms with Gasteiger partial charge in [0.15, 0.2) is 0 Å². The van der Waals surface area contributed by atoms with E-state index >= 15 is 0 Å². The van der Waals surface area contributed by atoms with Gasteiger partial charge in [-0.15, -0.1) is 11.3 Å². The van der Waals surface area contributed by atoms with E-state index in [9.17, 15) is 0 Å². The van der Waals surface area contributed by atoms with Crippen LogP contribution in [0, 0.1) is 11.3 Å². The van der Waals surface area contributed by atoms with Crippen LogP contribution in [-0.4, -0.2) is 17.1 Å². The van der Waals surface area contributed by atoms with E-state index in [0.717, 1.165) is 23.2 Å². The maximum absolute atomic E-state index is 6.14. The van der Waals surface area contributed by atoms with Crippen LogP contribution < -0.4 is 5.32 Å². The lowest BCUT2D eigenvalue weighted by Gasteiger charge is -2.38. The van der Waals surface area contributed by atoms with Gasteiger partial charge in [0, 0.05) is 18.0 Å². The molecule has 0 spiro atoms. The Hall–Kier alpha value is -0.450. The van der Waals surface area contributed by atoms with Gasteiger partial charge >= 0.3 is 0 Å². The summed E-state index contributed by atoms with van der Waals surface area (Å²) < 4.78 is 6.14. The number of thiazole rings is 1. The predicted octanol–water partition coefficient (Wildman–Crippen LogP) is 4.37. The molecule has 2 unspecified atom stereocenters. The maximum Gasteiger partial charge on any atom is 0.107 e. The number of aromatic nitrogens is 1. The van der Waals surface area contributed by atoms with Crippen molar-refractivity contribution in [3.63, 3.8) is 0 Å². The highest BCUT2D eigenvalue weighted by atomic mass is 32.1. The number of rotatable bonds is 6. The fourth-order valence-electron chi connectivity index (χ4n) is 3.38. The monoisotopic (exact) mass is 310 g/mol. The zero-order valence-corrected chi connectivity index (χ0v) is 14.9. The van der Waals surface area contributed by atoms with Gasteiger partial charge in [0.25, 0.3) is 0 Å². The molecule has 21 heavy (non-hydrogen) atoms. The van der Waals surface area contributed by atoms with Gasteiger partial charge in [-0.25, -0.2) is 4.98 Å². The molecule has 1 N–H and O–H groups in total. The molecular formula is C17H30N2OS. The average molecular weight is 311 g/mol. The summed E-state index contributed by atoms with van der Waals surface area (Å²) in [5.41, 5.74) is 1.49. The first-order chi connectivity index (χ1) is 9.84. The first kappa shape index (κ1) is 16.9. The van der Waals surface area contributed by atoms with Crippen molar-refractivity contribution in [1.29, 1.82) is 0 Å². The second kappa shape index (κ2) is 7.21. The molecule has 120 valence electrons. The average Bonchev–Trinajstić information content (AvgIpc) is 2.79. The lowest BCUT2D eigenvalue weighted by molar-refractivity contribution is -0.0325. The summed E-state index contributed by atoms with van der Waals surface area (Å²) in [7, 11) is 0. The molecule has 1 fully saturated rings. The standard InChI is InChI=1S/C17H30N2OS/c1-12(2)18-9-16-19-14(11-21-16)10-20-15-6-13(3)7-17(4,5)8-15/h11-13,15,18H,6-10H2,1-5H3. The summed E-state index contributed by atoms with van der Waals surface area (Å²) in [6.07, 6.45) is 4.07. The maximum atomic E-state index is 6.14. The van der Waals surface area contributed by atoms with Gasteiger partial charge in [0.2, 0.25) is 0 Å². The first-order valence-electron chi connectivity index (χ1n) is 8.12. The summed E-state index contributed by atoms with van der Waals surface area (Å²) in [5.74, 6) is 0.764. The van der Waals surface area contributed by atoms with Crippen molar-refractivity contribution in [1.82, 2.24) is 10.3 Å². The zero-order valence-electron chi connectivity index (χ0n) is 14.1. The molecule has 3 nitrogen and oxygen atoms in total. The second-order valence-corrected chi connectivity index (χ2v) is 8.56. The third kappa shape index (κ3) is 5.68. The van der Waals surface area contributed by atoms with Gasteiger partial charge in [-0.2, -0.15) is 0 Å². The van der Waals surface area contributed by atoms with Gasteiger partial charge < -0.3 is 10.1 Å².